The number of anilines is 1. The van der Waals surface area contributed by atoms with E-state index in [1.54, 1.807) is 18.3 Å². The van der Waals surface area contributed by atoms with Crippen LogP contribution < -0.4 is 10.2 Å². The number of aliphatic imine (C=N–C) groups is 1. The van der Waals surface area contributed by atoms with Gasteiger partial charge in [0.15, 0.2) is 0 Å². The summed E-state index contributed by atoms with van der Waals surface area (Å²) in [6.07, 6.45) is 15.0. The van der Waals surface area contributed by atoms with Gasteiger partial charge in [-0.3, -0.25) is 33.0 Å². The Labute approximate surface area is 348 Å². The second-order valence-corrected chi connectivity index (χ2v) is 17.8. The van der Waals surface area contributed by atoms with Crippen LogP contribution in [0.25, 0.3) is 0 Å². The number of carbonyl (C=O) groups is 4. The Balaban J connectivity index is 1.50. The van der Waals surface area contributed by atoms with Gasteiger partial charge in [-0.05, 0) is 73.7 Å². The number of imide groups is 1. The molecular formula is C41H54N5O11S2-. The fraction of sp³-hybridized carbons (Fsp3) is 0.488. The number of nitrogens with zero attached hydrogens (tertiary/aromatic N) is 4. The molecule has 3 heterocycles. The van der Waals surface area contributed by atoms with Gasteiger partial charge < -0.3 is 19.6 Å². The van der Waals surface area contributed by atoms with Crippen LogP contribution in [0.5, 0.6) is 0 Å². The molecule has 2 atom stereocenters. The molecule has 0 saturated carbocycles. The number of hydrogen-bond acceptors (Lipinski definition) is 13. The lowest BCUT2D eigenvalue weighted by molar-refractivity contribution is -0.197. The standard InChI is InChI=1S/C41H55N5O11S2/c1-28-31(25-29(39(50)44(6)56-7)27-42-22-14-24-58(51)52)40(2,3)34(43-28)15-10-8-11-16-35-41(4,5)32-26-30(59(53,54)55)18-19-33(32)45(35)23-13-9-12-17-38(49)57-46-36(47)20-21-37(46)48/h8,10-11,15-16,18-19,25-28,42H,9,12-14,17,20-24H2,1-7H3,(H,51,52)(H,53,54,55)/p-1. The number of carbonyl (C=O) groups excluding carboxylic acids is 4. The van der Waals surface area contributed by atoms with Gasteiger partial charge in [-0.1, -0.05) is 63.4 Å². The number of fused-ring (bicyclic) bond motifs is 1. The van der Waals surface area contributed by atoms with Gasteiger partial charge >= 0.3 is 5.97 Å². The number of hydrogen-bond donors (Lipinski definition) is 2. The second-order valence-electron chi connectivity index (χ2n) is 15.4. The fourth-order valence-corrected chi connectivity index (χ4v) is 8.06. The van der Waals surface area contributed by atoms with E-state index in [1.165, 1.54) is 26.3 Å². The number of likely N-dealkylation sites (N-methyl/N-ethyl adjacent to an activating group) is 1. The van der Waals surface area contributed by atoms with Crippen molar-refractivity contribution in [1.29, 1.82) is 0 Å². The summed E-state index contributed by atoms with van der Waals surface area (Å²) >= 11 is -2.15. The Hall–Kier alpha value is -4.75. The summed E-state index contributed by atoms with van der Waals surface area (Å²) in [5.74, 6) is -2.11. The Kier molecular flexibility index (Phi) is 15.9. The van der Waals surface area contributed by atoms with Crippen LogP contribution in [0.4, 0.5) is 5.69 Å². The first kappa shape index (κ1) is 46.9. The monoisotopic (exact) mass is 856 g/mol. The van der Waals surface area contributed by atoms with Crippen molar-refractivity contribution in [3.8, 4) is 0 Å². The number of benzene rings is 1. The maximum absolute atomic E-state index is 13.2. The first-order valence-electron chi connectivity index (χ1n) is 19.3. The maximum atomic E-state index is 13.2. The lowest BCUT2D eigenvalue weighted by Gasteiger charge is -2.27. The third-order valence-corrected chi connectivity index (χ3v) is 12.0. The third-order valence-electron chi connectivity index (χ3n) is 10.5. The van der Waals surface area contributed by atoms with E-state index < -0.39 is 55.7 Å². The van der Waals surface area contributed by atoms with Crippen LogP contribution >= 0.6 is 0 Å². The molecule has 1 aromatic carbocycles. The van der Waals surface area contributed by atoms with Gasteiger partial charge in [-0.2, -0.15) is 8.42 Å². The predicted molar refractivity (Wildman–Crippen MR) is 222 cm³/mol. The Morgan fingerprint density at radius 3 is 2.41 bits per heavy atom. The zero-order valence-corrected chi connectivity index (χ0v) is 36.2. The molecule has 16 nitrogen and oxygen atoms in total. The molecule has 0 radical (unpaired) electrons. The first-order valence-corrected chi connectivity index (χ1v) is 22.0. The highest BCUT2D eigenvalue weighted by molar-refractivity contribution is 7.85. The molecular weight excluding hydrogens is 803 g/mol. The van der Waals surface area contributed by atoms with Gasteiger partial charge in [0.2, 0.25) is 0 Å². The minimum absolute atomic E-state index is 0.00192. The average molecular weight is 857 g/mol. The number of allylic oxidation sites excluding steroid dienone is 6. The van der Waals surface area contributed by atoms with Gasteiger partial charge in [-0.15, -0.1) is 5.06 Å². The van der Waals surface area contributed by atoms with Crippen LogP contribution in [-0.2, 0) is 55.5 Å². The molecule has 322 valence electrons. The summed E-state index contributed by atoms with van der Waals surface area (Å²) in [6.45, 7) is 10.8. The summed E-state index contributed by atoms with van der Waals surface area (Å²) in [5.41, 5.74) is 3.20. The SMILES string of the molecule is CON(C)C(=O)C(=CNCCCS(=O)[O-])C=C1C(C)N=C(C=CC=CC=C2N(CCCCCC(=O)ON3C(=O)CCC3=O)c3ccc(S(=O)(=O)O)cc3C2(C)C)C1(C)C. The molecule has 1 saturated heterocycles. The van der Waals surface area contributed by atoms with Crippen LogP contribution in [0.15, 0.2) is 87.6 Å². The molecule has 2 unspecified atom stereocenters. The van der Waals surface area contributed by atoms with Crippen molar-refractivity contribution in [2.24, 2.45) is 10.4 Å². The predicted octanol–water partition coefficient (Wildman–Crippen LogP) is 4.75. The number of rotatable bonds is 19. The van der Waals surface area contributed by atoms with E-state index in [4.69, 9.17) is 14.7 Å². The maximum Gasteiger partial charge on any atom is 0.333 e. The van der Waals surface area contributed by atoms with E-state index in [9.17, 15) is 40.9 Å². The quantitative estimate of drug-likeness (QED) is 0.0366. The zero-order valence-electron chi connectivity index (χ0n) is 34.6. The highest BCUT2D eigenvalue weighted by Crippen LogP contribution is 2.48. The van der Waals surface area contributed by atoms with E-state index >= 15 is 0 Å². The minimum Gasteiger partial charge on any atom is -0.772 e. The summed E-state index contributed by atoms with van der Waals surface area (Å²) in [5, 5.41) is 4.68. The molecule has 3 amide bonds. The second kappa shape index (κ2) is 20.0. The van der Waals surface area contributed by atoms with Crippen molar-refractivity contribution in [2.75, 3.05) is 37.9 Å². The van der Waals surface area contributed by atoms with E-state index in [-0.39, 0.29) is 36.0 Å². The molecule has 4 rings (SSSR count). The Morgan fingerprint density at radius 2 is 1.76 bits per heavy atom. The van der Waals surface area contributed by atoms with E-state index in [2.05, 4.69) is 10.2 Å². The zero-order chi connectivity index (χ0) is 43.7. The molecule has 0 bridgehead atoms. The summed E-state index contributed by atoms with van der Waals surface area (Å²) in [4.78, 5) is 65.9. The van der Waals surface area contributed by atoms with Crippen molar-refractivity contribution in [1.82, 2.24) is 15.4 Å². The molecule has 0 aliphatic carbocycles. The molecule has 3 aliphatic heterocycles. The lowest BCUT2D eigenvalue weighted by atomic mass is 9.78. The van der Waals surface area contributed by atoms with Crippen LogP contribution in [0.3, 0.4) is 0 Å². The lowest BCUT2D eigenvalue weighted by Crippen LogP contribution is -2.32. The van der Waals surface area contributed by atoms with E-state index in [1.807, 2.05) is 65.0 Å². The largest absolute Gasteiger partial charge is 0.772 e. The van der Waals surface area contributed by atoms with Gasteiger partial charge in [-0.25, -0.2) is 9.86 Å². The average Bonchev–Trinajstić information content (AvgIpc) is 3.68. The molecule has 0 aromatic heterocycles. The van der Waals surface area contributed by atoms with Crippen LogP contribution in [0.2, 0.25) is 0 Å². The number of amides is 3. The Bertz CT molecular complexity index is 2100. The molecule has 59 heavy (non-hydrogen) atoms. The Morgan fingerprint density at radius 1 is 1.07 bits per heavy atom. The van der Waals surface area contributed by atoms with Gasteiger partial charge in [0.05, 0.1) is 23.6 Å². The van der Waals surface area contributed by atoms with Crippen LogP contribution in [0.1, 0.15) is 85.1 Å². The molecule has 18 heteroatoms. The third kappa shape index (κ3) is 11.7. The minimum atomic E-state index is -4.45. The van der Waals surface area contributed by atoms with Gasteiger partial charge in [0.25, 0.3) is 27.8 Å². The van der Waals surface area contributed by atoms with E-state index in [0.29, 0.717) is 49.4 Å². The number of hydroxylamine groups is 4. The fourth-order valence-electron chi connectivity index (χ4n) is 7.17. The van der Waals surface area contributed by atoms with Crippen molar-refractivity contribution in [3.63, 3.8) is 0 Å². The van der Waals surface area contributed by atoms with Gasteiger partial charge in [0.1, 0.15) is 0 Å². The van der Waals surface area contributed by atoms with E-state index in [0.717, 1.165) is 33.3 Å². The van der Waals surface area contributed by atoms with Crippen LogP contribution in [-0.4, -0.2) is 100 Å². The van der Waals surface area contributed by atoms with Crippen molar-refractivity contribution < 1.29 is 50.6 Å². The van der Waals surface area contributed by atoms with Crippen molar-refractivity contribution >= 4 is 56.3 Å². The summed E-state index contributed by atoms with van der Waals surface area (Å²) in [6, 6.07) is 4.29. The van der Waals surface area contributed by atoms with Crippen molar-refractivity contribution in [2.45, 2.75) is 95.9 Å². The highest BCUT2D eigenvalue weighted by atomic mass is 32.2. The normalized spacial score (nSPS) is 20.9. The molecule has 1 fully saturated rings. The first-order chi connectivity index (χ1) is 27.7. The topological polar surface area (TPSA) is 215 Å². The van der Waals surface area contributed by atoms with Crippen LogP contribution in [0, 0.1) is 5.41 Å². The summed E-state index contributed by atoms with van der Waals surface area (Å²) in [7, 11) is -1.56. The smallest absolute Gasteiger partial charge is 0.333 e. The van der Waals surface area contributed by atoms with Crippen molar-refractivity contribution in [3.05, 3.63) is 83.3 Å². The molecule has 0 spiro atoms. The summed E-state index contributed by atoms with van der Waals surface area (Å²) < 4.78 is 55.7. The highest BCUT2D eigenvalue weighted by Gasteiger charge is 2.41. The van der Waals surface area contributed by atoms with Gasteiger partial charge in [0, 0.05) is 79.3 Å². The molecule has 1 aromatic rings. The number of nitrogens with one attached hydrogen (secondary N) is 1. The molecule has 3 aliphatic rings. The number of unbranched alkanes of at least 4 members (excludes halogenated alkanes) is 2. The molecule has 2 N–H and O–H groups in total.